The summed E-state index contributed by atoms with van der Waals surface area (Å²) in [6.07, 6.45) is 2.34. The average Bonchev–Trinajstić information content (AvgIpc) is 3.12. The van der Waals surface area contributed by atoms with Gasteiger partial charge in [-0.15, -0.1) is 0 Å². The average molecular weight is 236 g/mol. The van der Waals surface area contributed by atoms with E-state index in [9.17, 15) is 9.18 Å². The van der Waals surface area contributed by atoms with Gasteiger partial charge in [0.15, 0.2) is 0 Å². The zero-order valence-electron chi connectivity index (χ0n) is 10.1. The highest BCUT2D eigenvalue weighted by Crippen LogP contribution is 2.32. The molecule has 0 saturated heterocycles. The van der Waals surface area contributed by atoms with E-state index in [0.717, 1.165) is 0 Å². The number of amides is 1. The largest absolute Gasteiger partial charge is 0.385 e. The lowest BCUT2D eigenvalue weighted by atomic mass is 10.1. The zero-order valence-corrected chi connectivity index (χ0v) is 10.1. The van der Waals surface area contributed by atoms with Crippen LogP contribution in [0.15, 0.2) is 18.2 Å². The SMILES string of the molecule is CNc1c(F)cccc1C(=O)NC(C)C1CC1. The summed E-state index contributed by atoms with van der Waals surface area (Å²) in [5.41, 5.74) is 0.619. The molecule has 92 valence electrons. The van der Waals surface area contributed by atoms with Crippen molar-refractivity contribution in [3.8, 4) is 0 Å². The molecule has 0 spiro atoms. The highest BCUT2D eigenvalue weighted by molar-refractivity contribution is 5.99. The molecule has 1 saturated carbocycles. The number of benzene rings is 1. The zero-order chi connectivity index (χ0) is 12.4. The molecule has 1 amide bonds. The quantitative estimate of drug-likeness (QED) is 0.842. The van der Waals surface area contributed by atoms with Crippen LogP contribution in [-0.2, 0) is 0 Å². The van der Waals surface area contributed by atoms with Crippen molar-refractivity contribution >= 4 is 11.6 Å². The summed E-state index contributed by atoms with van der Waals surface area (Å²) >= 11 is 0. The van der Waals surface area contributed by atoms with E-state index >= 15 is 0 Å². The van der Waals surface area contributed by atoms with Gasteiger partial charge < -0.3 is 10.6 Å². The number of carbonyl (C=O) groups is 1. The second-order valence-electron chi connectivity index (χ2n) is 4.51. The lowest BCUT2D eigenvalue weighted by Crippen LogP contribution is -2.34. The molecule has 1 unspecified atom stereocenters. The second-order valence-corrected chi connectivity index (χ2v) is 4.51. The van der Waals surface area contributed by atoms with E-state index in [1.54, 1.807) is 19.2 Å². The van der Waals surface area contributed by atoms with Crippen LogP contribution in [0.5, 0.6) is 0 Å². The first-order valence-electron chi connectivity index (χ1n) is 5.90. The van der Waals surface area contributed by atoms with Gasteiger partial charge in [0, 0.05) is 13.1 Å². The van der Waals surface area contributed by atoms with Crippen molar-refractivity contribution in [1.82, 2.24) is 5.32 Å². The number of hydrogen-bond acceptors (Lipinski definition) is 2. The van der Waals surface area contributed by atoms with Gasteiger partial charge in [0.1, 0.15) is 5.82 Å². The summed E-state index contributed by atoms with van der Waals surface area (Å²) in [4.78, 5) is 12.0. The van der Waals surface area contributed by atoms with Gasteiger partial charge in [0.25, 0.3) is 5.91 Å². The summed E-state index contributed by atoms with van der Waals surface area (Å²) < 4.78 is 13.5. The van der Waals surface area contributed by atoms with Crippen LogP contribution in [0, 0.1) is 11.7 Å². The smallest absolute Gasteiger partial charge is 0.253 e. The summed E-state index contributed by atoms with van der Waals surface area (Å²) in [5, 5.41) is 5.64. The van der Waals surface area contributed by atoms with Crippen molar-refractivity contribution < 1.29 is 9.18 Å². The normalized spacial score (nSPS) is 16.4. The van der Waals surface area contributed by atoms with Crippen molar-refractivity contribution in [3.63, 3.8) is 0 Å². The monoisotopic (exact) mass is 236 g/mol. The number of hydrogen-bond donors (Lipinski definition) is 2. The standard InChI is InChI=1S/C13H17FN2O/c1-8(9-6-7-9)16-13(17)10-4-3-5-11(14)12(10)15-2/h3-5,8-9,15H,6-7H2,1-2H3,(H,16,17). The first-order chi connectivity index (χ1) is 8.13. The lowest BCUT2D eigenvalue weighted by molar-refractivity contribution is 0.0936. The van der Waals surface area contributed by atoms with Crippen molar-refractivity contribution in [2.75, 3.05) is 12.4 Å². The molecule has 0 radical (unpaired) electrons. The highest BCUT2D eigenvalue weighted by Gasteiger charge is 2.29. The molecule has 1 fully saturated rings. The summed E-state index contributed by atoms with van der Waals surface area (Å²) in [6, 6.07) is 4.68. The number of anilines is 1. The van der Waals surface area contributed by atoms with E-state index in [1.165, 1.54) is 18.9 Å². The Morgan fingerprint density at radius 3 is 2.76 bits per heavy atom. The van der Waals surface area contributed by atoms with Crippen LogP contribution in [0.4, 0.5) is 10.1 Å². The fourth-order valence-corrected chi connectivity index (χ4v) is 1.97. The van der Waals surface area contributed by atoms with Crippen molar-refractivity contribution in [2.24, 2.45) is 5.92 Å². The molecule has 0 aliphatic heterocycles. The van der Waals surface area contributed by atoms with E-state index in [-0.39, 0.29) is 17.6 Å². The Morgan fingerprint density at radius 2 is 2.18 bits per heavy atom. The minimum Gasteiger partial charge on any atom is -0.385 e. The minimum absolute atomic E-state index is 0.162. The van der Waals surface area contributed by atoms with Crippen LogP contribution in [0.1, 0.15) is 30.1 Å². The van der Waals surface area contributed by atoms with E-state index in [2.05, 4.69) is 10.6 Å². The first kappa shape index (κ1) is 11.9. The van der Waals surface area contributed by atoms with Gasteiger partial charge in [-0.2, -0.15) is 0 Å². The Kier molecular flexibility index (Phi) is 3.31. The van der Waals surface area contributed by atoms with Crippen LogP contribution >= 0.6 is 0 Å². The summed E-state index contributed by atoms with van der Waals surface area (Å²) in [5.74, 6) is -0.0296. The Labute approximate surface area is 100 Å². The molecule has 0 aromatic heterocycles. The first-order valence-corrected chi connectivity index (χ1v) is 5.90. The molecule has 0 heterocycles. The third-order valence-electron chi connectivity index (χ3n) is 3.20. The van der Waals surface area contributed by atoms with Crippen LogP contribution in [-0.4, -0.2) is 19.0 Å². The molecule has 3 nitrogen and oxygen atoms in total. The Morgan fingerprint density at radius 1 is 1.47 bits per heavy atom. The van der Waals surface area contributed by atoms with E-state index in [1.807, 2.05) is 6.92 Å². The number of carbonyl (C=O) groups excluding carboxylic acids is 1. The molecule has 2 N–H and O–H groups in total. The van der Waals surface area contributed by atoms with Crippen LogP contribution in [0.2, 0.25) is 0 Å². The minimum atomic E-state index is -0.403. The predicted molar refractivity (Wildman–Crippen MR) is 65.6 cm³/mol. The highest BCUT2D eigenvalue weighted by atomic mass is 19.1. The fourth-order valence-electron chi connectivity index (χ4n) is 1.97. The summed E-state index contributed by atoms with van der Waals surface area (Å²) in [6.45, 7) is 1.99. The number of nitrogens with one attached hydrogen (secondary N) is 2. The van der Waals surface area contributed by atoms with Gasteiger partial charge in [-0.3, -0.25) is 4.79 Å². The number of rotatable bonds is 4. The molecule has 0 bridgehead atoms. The Balaban J connectivity index is 2.15. The van der Waals surface area contributed by atoms with Gasteiger partial charge in [-0.25, -0.2) is 4.39 Å². The maximum Gasteiger partial charge on any atom is 0.253 e. The topological polar surface area (TPSA) is 41.1 Å². The van der Waals surface area contributed by atoms with Crippen LogP contribution in [0.25, 0.3) is 0 Å². The van der Waals surface area contributed by atoms with E-state index in [0.29, 0.717) is 11.5 Å². The van der Waals surface area contributed by atoms with Gasteiger partial charge in [-0.1, -0.05) is 6.07 Å². The lowest BCUT2D eigenvalue weighted by Gasteiger charge is -2.15. The summed E-state index contributed by atoms with van der Waals surface area (Å²) in [7, 11) is 1.61. The Hall–Kier alpha value is -1.58. The second kappa shape index (κ2) is 4.73. The van der Waals surface area contributed by atoms with E-state index < -0.39 is 5.82 Å². The van der Waals surface area contributed by atoms with Crippen molar-refractivity contribution in [2.45, 2.75) is 25.8 Å². The van der Waals surface area contributed by atoms with Crippen LogP contribution < -0.4 is 10.6 Å². The molecule has 17 heavy (non-hydrogen) atoms. The molecule has 1 atom stereocenters. The van der Waals surface area contributed by atoms with Crippen LogP contribution in [0.3, 0.4) is 0 Å². The van der Waals surface area contributed by atoms with E-state index in [4.69, 9.17) is 0 Å². The third-order valence-corrected chi connectivity index (χ3v) is 3.20. The Bertz CT molecular complexity index is 429. The fraction of sp³-hybridized carbons (Fsp3) is 0.462. The molecule has 1 aromatic carbocycles. The molecular formula is C13H17FN2O. The molecule has 1 aliphatic carbocycles. The van der Waals surface area contributed by atoms with Gasteiger partial charge in [0.2, 0.25) is 0 Å². The number of para-hydroxylation sites is 1. The molecule has 4 heteroatoms. The molecule has 1 aromatic rings. The van der Waals surface area contributed by atoms with Gasteiger partial charge >= 0.3 is 0 Å². The maximum atomic E-state index is 13.5. The van der Waals surface area contributed by atoms with Gasteiger partial charge in [-0.05, 0) is 37.8 Å². The van der Waals surface area contributed by atoms with Crippen molar-refractivity contribution in [1.29, 1.82) is 0 Å². The third kappa shape index (κ3) is 2.57. The van der Waals surface area contributed by atoms with Crippen molar-refractivity contribution in [3.05, 3.63) is 29.6 Å². The molecular weight excluding hydrogens is 219 g/mol. The molecule has 2 rings (SSSR count). The van der Waals surface area contributed by atoms with Gasteiger partial charge in [0.05, 0.1) is 11.3 Å². The maximum absolute atomic E-state index is 13.5. The number of halogens is 1. The predicted octanol–water partition coefficient (Wildman–Crippen LogP) is 2.40. The molecule has 1 aliphatic rings.